The minimum absolute atomic E-state index is 0.193. The number of ether oxygens (including phenoxy) is 2. The second-order valence-corrected chi connectivity index (χ2v) is 4.94. The SMILES string of the molecule is CCC(C)(C)C(=O)OC(C)OCC(C)C. The van der Waals surface area contributed by atoms with E-state index < -0.39 is 11.7 Å². The topological polar surface area (TPSA) is 35.5 Å². The van der Waals surface area contributed by atoms with Crippen LogP contribution < -0.4 is 0 Å². The number of esters is 1. The Morgan fingerprint density at radius 2 is 1.80 bits per heavy atom. The molecule has 15 heavy (non-hydrogen) atoms. The molecule has 1 atom stereocenters. The van der Waals surface area contributed by atoms with Crippen LogP contribution in [0.3, 0.4) is 0 Å². The first-order valence-corrected chi connectivity index (χ1v) is 5.62. The molecule has 0 saturated carbocycles. The summed E-state index contributed by atoms with van der Waals surface area (Å²) in [6.45, 7) is 12.2. The molecule has 0 radical (unpaired) electrons. The molecule has 0 aromatic rings. The van der Waals surface area contributed by atoms with Crippen LogP contribution in [0.2, 0.25) is 0 Å². The summed E-state index contributed by atoms with van der Waals surface area (Å²) in [4.78, 5) is 11.6. The van der Waals surface area contributed by atoms with Crippen molar-refractivity contribution in [1.82, 2.24) is 0 Å². The molecule has 0 N–H and O–H groups in total. The lowest BCUT2D eigenvalue weighted by atomic mass is 9.91. The van der Waals surface area contributed by atoms with Gasteiger partial charge in [0.25, 0.3) is 0 Å². The summed E-state index contributed by atoms with van der Waals surface area (Å²) in [5, 5.41) is 0. The average Bonchev–Trinajstić information content (AvgIpc) is 2.14. The molecule has 0 amide bonds. The lowest BCUT2D eigenvalue weighted by Gasteiger charge is -2.23. The summed E-state index contributed by atoms with van der Waals surface area (Å²) in [6.07, 6.45) is 0.314. The summed E-state index contributed by atoms with van der Waals surface area (Å²) < 4.78 is 10.6. The highest BCUT2D eigenvalue weighted by molar-refractivity contribution is 5.75. The van der Waals surface area contributed by atoms with Crippen molar-refractivity contribution in [2.24, 2.45) is 11.3 Å². The van der Waals surface area contributed by atoms with Crippen molar-refractivity contribution in [3.8, 4) is 0 Å². The van der Waals surface area contributed by atoms with E-state index in [1.807, 2.05) is 20.8 Å². The Kier molecular flexibility index (Phi) is 5.88. The first-order valence-electron chi connectivity index (χ1n) is 5.62. The zero-order valence-corrected chi connectivity index (χ0v) is 10.8. The Hall–Kier alpha value is -0.570. The largest absolute Gasteiger partial charge is 0.436 e. The normalized spacial score (nSPS) is 14.1. The minimum Gasteiger partial charge on any atom is -0.436 e. The number of carbonyl (C=O) groups excluding carboxylic acids is 1. The van der Waals surface area contributed by atoms with Gasteiger partial charge < -0.3 is 9.47 Å². The van der Waals surface area contributed by atoms with Gasteiger partial charge in [0.15, 0.2) is 6.29 Å². The van der Waals surface area contributed by atoms with E-state index in [4.69, 9.17) is 9.47 Å². The molecule has 0 aromatic heterocycles. The Bertz CT molecular complexity index is 197. The molecular formula is C12H24O3. The van der Waals surface area contributed by atoms with E-state index in [9.17, 15) is 4.79 Å². The maximum absolute atomic E-state index is 11.6. The van der Waals surface area contributed by atoms with Crippen LogP contribution in [0, 0.1) is 11.3 Å². The van der Waals surface area contributed by atoms with Gasteiger partial charge in [0.2, 0.25) is 0 Å². The molecule has 0 aliphatic rings. The van der Waals surface area contributed by atoms with Gasteiger partial charge in [-0.2, -0.15) is 0 Å². The van der Waals surface area contributed by atoms with Gasteiger partial charge in [0, 0.05) is 0 Å². The lowest BCUT2D eigenvalue weighted by Crippen LogP contribution is -2.30. The second-order valence-electron chi connectivity index (χ2n) is 4.94. The van der Waals surface area contributed by atoms with Gasteiger partial charge in [-0.05, 0) is 33.1 Å². The van der Waals surface area contributed by atoms with Gasteiger partial charge >= 0.3 is 5.97 Å². The highest BCUT2D eigenvalue weighted by atomic mass is 16.7. The molecule has 3 heteroatoms. The van der Waals surface area contributed by atoms with E-state index in [1.165, 1.54) is 0 Å². The molecular weight excluding hydrogens is 192 g/mol. The van der Waals surface area contributed by atoms with Crippen LogP contribution in [-0.4, -0.2) is 18.9 Å². The van der Waals surface area contributed by atoms with Crippen LogP contribution in [0.5, 0.6) is 0 Å². The monoisotopic (exact) mass is 216 g/mol. The smallest absolute Gasteiger partial charge is 0.313 e. The third-order valence-corrected chi connectivity index (χ3v) is 2.37. The van der Waals surface area contributed by atoms with Gasteiger partial charge in [0.05, 0.1) is 12.0 Å². The molecule has 0 bridgehead atoms. The predicted molar refractivity (Wildman–Crippen MR) is 60.4 cm³/mol. The van der Waals surface area contributed by atoms with Crippen molar-refractivity contribution in [2.75, 3.05) is 6.61 Å². The van der Waals surface area contributed by atoms with Gasteiger partial charge in [0.1, 0.15) is 0 Å². The number of hydrogen-bond donors (Lipinski definition) is 0. The van der Waals surface area contributed by atoms with Crippen LogP contribution in [0.4, 0.5) is 0 Å². The average molecular weight is 216 g/mol. The quantitative estimate of drug-likeness (QED) is 0.506. The van der Waals surface area contributed by atoms with Crippen LogP contribution in [-0.2, 0) is 14.3 Å². The van der Waals surface area contributed by atoms with Crippen molar-refractivity contribution < 1.29 is 14.3 Å². The lowest BCUT2D eigenvalue weighted by molar-refractivity contribution is -0.186. The van der Waals surface area contributed by atoms with E-state index in [2.05, 4.69) is 13.8 Å². The van der Waals surface area contributed by atoms with Crippen molar-refractivity contribution in [3.05, 3.63) is 0 Å². The Labute approximate surface area is 93.1 Å². The fourth-order valence-corrected chi connectivity index (χ4v) is 0.817. The van der Waals surface area contributed by atoms with Crippen LogP contribution in [0.15, 0.2) is 0 Å². The standard InChI is InChI=1S/C12H24O3/c1-7-12(5,6)11(13)15-10(4)14-8-9(2)3/h9-10H,7-8H2,1-6H3. The summed E-state index contributed by atoms with van der Waals surface area (Å²) in [7, 11) is 0. The molecule has 0 aromatic carbocycles. The summed E-state index contributed by atoms with van der Waals surface area (Å²) >= 11 is 0. The molecule has 1 unspecified atom stereocenters. The summed E-state index contributed by atoms with van der Waals surface area (Å²) in [5.74, 6) is 0.256. The molecule has 3 nitrogen and oxygen atoms in total. The van der Waals surface area contributed by atoms with Gasteiger partial charge in [-0.25, -0.2) is 0 Å². The molecule has 0 heterocycles. The first kappa shape index (κ1) is 14.4. The third kappa shape index (κ3) is 5.78. The van der Waals surface area contributed by atoms with Crippen molar-refractivity contribution in [3.63, 3.8) is 0 Å². The number of rotatable bonds is 6. The molecule has 0 aliphatic heterocycles. The first-order chi connectivity index (χ1) is 6.79. The van der Waals surface area contributed by atoms with E-state index in [0.29, 0.717) is 12.5 Å². The maximum Gasteiger partial charge on any atom is 0.313 e. The van der Waals surface area contributed by atoms with Gasteiger partial charge in [-0.1, -0.05) is 20.8 Å². The van der Waals surface area contributed by atoms with Crippen molar-refractivity contribution >= 4 is 5.97 Å². The van der Waals surface area contributed by atoms with Crippen LogP contribution in [0.25, 0.3) is 0 Å². The van der Waals surface area contributed by atoms with Crippen LogP contribution >= 0.6 is 0 Å². The van der Waals surface area contributed by atoms with Crippen molar-refractivity contribution in [2.45, 2.75) is 54.3 Å². The van der Waals surface area contributed by atoms with Gasteiger partial charge in [-0.3, -0.25) is 4.79 Å². The highest BCUT2D eigenvalue weighted by Crippen LogP contribution is 2.22. The zero-order valence-electron chi connectivity index (χ0n) is 10.8. The Morgan fingerprint density at radius 3 is 2.20 bits per heavy atom. The fraction of sp³-hybridized carbons (Fsp3) is 0.917. The fourth-order valence-electron chi connectivity index (χ4n) is 0.817. The molecule has 0 rings (SSSR count). The summed E-state index contributed by atoms with van der Waals surface area (Å²) in [5.41, 5.74) is -0.421. The van der Waals surface area contributed by atoms with Crippen LogP contribution in [0.1, 0.15) is 48.0 Å². The molecule has 90 valence electrons. The number of hydrogen-bond acceptors (Lipinski definition) is 3. The Balaban J connectivity index is 3.96. The Morgan fingerprint density at radius 1 is 1.27 bits per heavy atom. The molecule has 0 aliphatic carbocycles. The molecule has 0 spiro atoms. The van der Waals surface area contributed by atoms with E-state index in [1.54, 1.807) is 6.92 Å². The maximum atomic E-state index is 11.6. The molecule has 0 saturated heterocycles. The molecule has 0 fully saturated rings. The van der Waals surface area contributed by atoms with Crippen molar-refractivity contribution in [1.29, 1.82) is 0 Å². The zero-order chi connectivity index (χ0) is 12.1. The summed E-state index contributed by atoms with van der Waals surface area (Å²) in [6, 6.07) is 0. The minimum atomic E-state index is -0.453. The van der Waals surface area contributed by atoms with E-state index >= 15 is 0 Å². The second kappa shape index (κ2) is 6.11. The van der Waals surface area contributed by atoms with Gasteiger partial charge in [-0.15, -0.1) is 0 Å². The number of carbonyl (C=O) groups is 1. The third-order valence-electron chi connectivity index (χ3n) is 2.37. The van der Waals surface area contributed by atoms with E-state index in [0.717, 1.165) is 6.42 Å². The predicted octanol–water partition coefficient (Wildman–Crippen LogP) is 2.98. The van der Waals surface area contributed by atoms with E-state index in [-0.39, 0.29) is 5.97 Å². The highest BCUT2D eigenvalue weighted by Gasteiger charge is 2.28.